The topological polar surface area (TPSA) is 56.8 Å². The number of aryl methyl sites for hydroxylation is 1. The zero-order valence-corrected chi connectivity index (χ0v) is 17.9. The highest BCUT2D eigenvalue weighted by molar-refractivity contribution is 9.10. The van der Waals surface area contributed by atoms with Gasteiger partial charge in [-0.05, 0) is 64.7 Å². The van der Waals surface area contributed by atoms with Crippen LogP contribution >= 0.6 is 27.5 Å². The van der Waals surface area contributed by atoms with Crippen LogP contribution in [0.2, 0.25) is 5.02 Å². The second-order valence-electron chi connectivity index (χ2n) is 5.79. The van der Waals surface area contributed by atoms with Gasteiger partial charge in [0, 0.05) is 13.0 Å². The molecule has 0 bridgehead atoms. The molecular formula is C20H23BrClNO4. The molecule has 146 valence electrons. The van der Waals surface area contributed by atoms with Crippen LogP contribution in [0.25, 0.3) is 0 Å². The lowest BCUT2D eigenvalue weighted by Gasteiger charge is -2.13. The van der Waals surface area contributed by atoms with E-state index < -0.39 is 0 Å². The van der Waals surface area contributed by atoms with Gasteiger partial charge in [-0.2, -0.15) is 0 Å². The Morgan fingerprint density at radius 3 is 2.48 bits per heavy atom. The van der Waals surface area contributed by atoms with Gasteiger partial charge < -0.3 is 19.5 Å². The summed E-state index contributed by atoms with van der Waals surface area (Å²) in [5.41, 5.74) is 1.91. The third kappa shape index (κ3) is 6.04. The van der Waals surface area contributed by atoms with E-state index in [4.69, 9.17) is 25.8 Å². The molecule has 27 heavy (non-hydrogen) atoms. The van der Waals surface area contributed by atoms with Crippen molar-refractivity contribution in [2.45, 2.75) is 26.3 Å². The molecule has 1 amide bonds. The first-order valence-corrected chi connectivity index (χ1v) is 9.73. The van der Waals surface area contributed by atoms with Crippen LogP contribution < -0.4 is 19.5 Å². The van der Waals surface area contributed by atoms with E-state index in [1.807, 2.05) is 31.2 Å². The quantitative estimate of drug-likeness (QED) is 0.591. The fraction of sp³-hybridized carbons (Fsp3) is 0.350. The first-order chi connectivity index (χ1) is 13.0. The highest BCUT2D eigenvalue weighted by Gasteiger charge is 2.12. The number of halogens is 2. The predicted octanol–water partition coefficient (Wildman–Crippen LogP) is 4.77. The van der Waals surface area contributed by atoms with Gasteiger partial charge in [0.25, 0.3) is 0 Å². The summed E-state index contributed by atoms with van der Waals surface area (Å²) in [6.45, 7) is 2.74. The maximum Gasteiger partial charge on any atom is 0.220 e. The van der Waals surface area contributed by atoms with E-state index in [9.17, 15) is 4.79 Å². The van der Waals surface area contributed by atoms with E-state index >= 15 is 0 Å². The Bertz CT molecular complexity index is 798. The van der Waals surface area contributed by atoms with Crippen LogP contribution in [0, 0.1) is 0 Å². The number of amides is 1. The zero-order valence-electron chi connectivity index (χ0n) is 15.6. The Balaban J connectivity index is 1.91. The standard InChI is InChI=1S/C20H23BrClNO4/c1-4-27-20-16(22)10-14(11-18(20)26-3)12-23-19(24)8-6-13-5-7-17(25-2)15(21)9-13/h5,7,9-11H,4,6,8,12H2,1-3H3,(H,23,24). The number of nitrogens with one attached hydrogen (secondary N) is 1. The van der Waals surface area contributed by atoms with Gasteiger partial charge in [-0.1, -0.05) is 17.7 Å². The number of carbonyl (C=O) groups is 1. The summed E-state index contributed by atoms with van der Waals surface area (Å²) >= 11 is 9.71. The van der Waals surface area contributed by atoms with Gasteiger partial charge in [-0.25, -0.2) is 0 Å². The van der Waals surface area contributed by atoms with E-state index in [1.165, 1.54) is 0 Å². The van der Waals surface area contributed by atoms with E-state index in [2.05, 4.69) is 21.2 Å². The molecule has 2 rings (SSSR count). The second-order valence-corrected chi connectivity index (χ2v) is 7.05. The lowest BCUT2D eigenvalue weighted by molar-refractivity contribution is -0.121. The minimum Gasteiger partial charge on any atom is -0.496 e. The molecule has 5 nitrogen and oxygen atoms in total. The highest BCUT2D eigenvalue weighted by atomic mass is 79.9. The SMILES string of the molecule is CCOc1c(Cl)cc(CNC(=O)CCc2ccc(OC)c(Br)c2)cc1OC. The molecule has 0 saturated heterocycles. The number of hydrogen-bond acceptors (Lipinski definition) is 4. The van der Waals surface area contributed by atoms with Crippen molar-refractivity contribution in [1.29, 1.82) is 0 Å². The van der Waals surface area contributed by atoms with E-state index in [-0.39, 0.29) is 5.91 Å². The lowest BCUT2D eigenvalue weighted by Crippen LogP contribution is -2.23. The van der Waals surface area contributed by atoms with Crippen LogP contribution in [0.15, 0.2) is 34.8 Å². The molecule has 0 radical (unpaired) electrons. The fourth-order valence-electron chi connectivity index (χ4n) is 2.57. The Kier molecular flexibility index (Phi) is 8.25. The van der Waals surface area contributed by atoms with Crippen molar-refractivity contribution < 1.29 is 19.0 Å². The van der Waals surface area contributed by atoms with Crippen molar-refractivity contribution in [2.24, 2.45) is 0 Å². The summed E-state index contributed by atoms with van der Waals surface area (Å²) < 4.78 is 16.9. The number of rotatable bonds is 9. The monoisotopic (exact) mass is 455 g/mol. The number of benzene rings is 2. The first kappa shape index (κ1) is 21.4. The van der Waals surface area contributed by atoms with Crippen LogP contribution in [-0.4, -0.2) is 26.7 Å². The van der Waals surface area contributed by atoms with Gasteiger partial charge in [0.05, 0.1) is 30.3 Å². The minimum absolute atomic E-state index is 0.0362. The Morgan fingerprint density at radius 2 is 1.85 bits per heavy atom. The molecule has 1 N–H and O–H groups in total. The van der Waals surface area contributed by atoms with E-state index in [0.29, 0.717) is 42.5 Å². The Morgan fingerprint density at radius 1 is 1.11 bits per heavy atom. The number of carbonyl (C=O) groups excluding carboxylic acids is 1. The van der Waals surface area contributed by atoms with Crippen LogP contribution in [0.1, 0.15) is 24.5 Å². The van der Waals surface area contributed by atoms with Crippen molar-refractivity contribution in [2.75, 3.05) is 20.8 Å². The van der Waals surface area contributed by atoms with Crippen molar-refractivity contribution in [3.63, 3.8) is 0 Å². The molecule has 0 aliphatic heterocycles. The molecule has 0 atom stereocenters. The maximum atomic E-state index is 12.2. The molecule has 7 heteroatoms. The van der Waals surface area contributed by atoms with E-state index in [0.717, 1.165) is 21.3 Å². The van der Waals surface area contributed by atoms with Gasteiger partial charge >= 0.3 is 0 Å². The number of hydrogen-bond donors (Lipinski definition) is 1. The molecular weight excluding hydrogens is 434 g/mol. The molecule has 0 spiro atoms. The van der Waals surface area contributed by atoms with E-state index in [1.54, 1.807) is 20.3 Å². The number of ether oxygens (including phenoxy) is 3. The van der Waals surface area contributed by atoms with Gasteiger partial charge in [0.15, 0.2) is 11.5 Å². The van der Waals surface area contributed by atoms with Crippen LogP contribution in [-0.2, 0) is 17.8 Å². The summed E-state index contributed by atoms with van der Waals surface area (Å²) in [7, 11) is 3.18. The molecule has 2 aromatic rings. The third-order valence-electron chi connectivity index (χ3n) is 3.92. The van der Waals surface area contributed by atoms with Crippen molar-refractivity contribution in [3.05, 3.63) is 51.0 Å². The van der Waals surface area contributed by atoms with Gasteiger partial charge in [0.1, 0.15) is 5.75 Å². The van der Waals surface area contributed by atoms with Crippen LogP contribution in [0.5, 0.6) is 17.2 Å². The normalized spacial score (nSPS) is 10.4. The summed E-state index contributed by atoms with van der Waals surface area (Å²) in [5.74, 6) is 1.80. The van der Waals surface area contributed by atoms with Gasteiger partial charge in [-0.3, -0.25) is 4.79 Å². The van der Waals surface area contributed by atoms with Crippen molar-refractivity contribution in [3.8, 4) is 17.2 Å². The molecule has 2 aromatic carbocycles. The van der Waals surface area contributed by atoms with Crippen LogP contribution in [0.3, 0.4) is 0 Å². The molecule has 0 saturated carbocycles. The molecule has 0 aliphatic rings. The zero-order chi connectivity index (χ0) is 19.8. The molecule has 0 heterocycles. The molecule has 0 aromatic heterocycles. The highest BCUT2D eigenvalue weighted by Crippen LogP contribution is 2.36. The van der Waals surface area contributed by atoms with Crippen molar-refractivity contribution >= 4 is 33.4 Å². The van der Waals surface area contributed by atoms with Crippen molar-refractivity contribution in [1.82, 2.24) is 5.32 Å². The smallest absolute Gasteiger partial charge is 0.220 e. The average Bonchev–Trinajstić information content (AvgIpc) is 2.66. The summed E-state index contributed by atoms with van der Waals surface area (Å²) in [5, 5.41) is 3.37. The average molecular weight is 457 g/mol. The first-order valence-electron chi connectivity index (χ1n) is 8.56. The van der Waals surface area contributed by atoms with Gasteiger partial charge in [0.2, 0.25) is 5.91 Å². The summed E-state index contributed by atoms with van der Waals surface area (Å²) in [4.78, 5) is 12.2. The Hall–Kier alpha value is -1.92. The predicted molar refractivity (Wildman–Crippen MR) is 110 cm³/mol. The summed E-state index contributed by atoms with van der Waals surface area (Å²) in [6.07, 6.45) is 1.03. The van der Waals surface area contributed by atoms with Crippen LogP contribution in [0.4, 0.5) is 0 Å². The largest absolute Gasteiger partial charge is 0.496 e. The fourth-order valence-corrected chi connectivity index (χ4v) is 3.45. The third-order valence-corrected chi connectivity index (χ3v) is 4.82. The maximum absolute atomic E-state index is 12.2. The second kappa shape index (κ2) is 10.4. The molecule has 0 fully saturated rings. The van der Waals surface area contributed by atoms with Gasteiger partial charge in [-0.15, -0.1) is 0 Å². The Labute approximate surface area is 173 Å². The lowest BCUT2D eigenvalue weighted by atomic mass is 10.1. The number of methoxy groups -OCH3 is 2. The summed E-state index contributed by atoms with van der Waals surface area (Å²) in [6, 6.07) is 9.39. The minimum atomic E-state index is -0.0362. The molecule has 0 aliphatic carbocycles. The molecule has 0 unspecified atom stereocenters.